The number of hydrogen-bond acceptors (Lipinski definition) is 3. The van der Waals surface area contributed by atoms with Crippen LogP contribution in [0, 0.1) is 0 Å². The molecule has 1 aromatic carbocycles. The lowest BCUT2D eigenvalue weighted by atomic mass is 10.2. The van der Waals surface area contributed by atoms with Crippen molar-refractivity contribution in [3.63, 3.8) is 0 Å². The van der Waals surface area contributed by atoms with Crippen molar-refractivity contribution in [2.24, 2.45) is 5.73 Å². The standard InChI is InChI=1S/C12H18N2OS/c1-16-11-6-4-10(5-7-11)12(15)14-9-3-2-8-13/h4-7H,2-3,8-9,13H2,1H3,(H,14,15). The van der Waals surface area contributed by atoms with Gasteiger partial charge in [0.15, 0.2) is 0 Å². The van der Waals surface area contributed by atoms with Gasteiger partial charge in [-0.1, -0.05) is 0 Å². The van der Waals surface area contributed by atoms with Crippen LogP contribution < -0.4 is 11.1 Å². The third kappa shape index (κ3) is 4.24. The number of unbranched alkanes of at least 4 members (excludes halogenated alkanes) is 1. The molecular formula is C12H18N2OS. The molecule has 0 aromatic heterocycles. The molecule has 0 unspecified atom stereocenters. The largest absolute Gasteiger partial charge is 0.352 e. The zero-order chi connectivity index (χ0) is 11.8. The van der Waals surface area contributed by atoms with Gasteiger partial charge in [0.25, 0.3) is 5.91 Å². The minimum atomic E-state index is -0.00956. The highest BCUT2D eigenvalue weighted by atomic mass is 32.2. The van der Waals surface area contributed by atoms with E-state index in [9.17, 15) is 4.79 Å². The monoisotopic (exact) mass is 238 g/mol. The minimum Gasteiger partial charge on any atom is -0.352 e. The van der Waals surface area contributed by atoms with Crippen LogP contribution in [-0.4, -0.2) is 25.3 Å². The molecule has 0 saturated heterocycles. The molecule has 0 aliphatic rings. The maximum atomic E-state index is 11.7. The van der Waals surface area contributed by atoms with E-state index in [0.29, 0.717) is 18.7 Å². The molecule has 1 amide bonds. The number of carbonyl (C=O) groups is 1. The van der Waals surface area contributed by atoms with Crippen LogP contribution in [0.5, 0.6) is 0 Å². The van der Waals surface area contributed by atoms with Gasteiger partial charge in [0, 0.05) is 17.0 Å². The summed E-state index contributed by atoms with van der Waals surface area (Å²) in [6.07, 6.45) is 3.90. The normalized spacial score (nSPS) is 10.1. The molecular weight excluding hydrogens is 220 g/mol. The molecule has 4 heteroatoms. The first-order chi connectivity index (χ1) is 7.77. The molecule has 1 rings (SSSR count). The highest BCUT2D eigenvalue weighted by Gasteiger charge is 2.03. The number of carbonyl (C=O) groups excluding carboxylic acids is 1. The summed E-state index contributed by atoms with van der Waals surface area (Å²) in [6.45, 7) is 1.37. The van der Waals surface area contributed by atoms with Crippen LogP contribution in [-0.2, 0) is 0 Å². The summed E-state index contributed by atoms with van der Waals surface area (Å²) in [4.78, 5) is 12.8. The number of amides is 1. The van der Waals surface area contributed by atoms with Gasteiger partial charge in [-0.15, -0.1) is 11.8 Å². The van der Waals surface area contributed by atoms with Crippen LogP contribution in [0.1, 0.15) is 23.2 Å². The van der Waals surface area contributed by atoms with Crippen molar-refractivity contribution in [3.05, 3.63) is 29.8 Å². The van der Waals surface area contributed by atoms with Gasteiger partial charge in [-0.05, 0) is 49.9 Å². The Hall–Kier alpha value is -1.00. The molecule has 0 spiro atoms. The van der Waals surface area contributed by atoms with Crippen molar-refractivity contribution in [1.82, 2.24) is 5.32 Å². The summed E-state index contributed by atoms with van der Waals surface area (Å²) in [5.74, 6) is -0.00956. The summed E-state index contributed by atoms with van der Waals surface area (Å²) in [6, 6.07) is 7.62. The van der Waals surface area contributed by atoms with Crippen molar-refractivity contribution in [2.75, 3.05) is 19.3 Å². The predicted molar refractivity (Wildman–Crippen MR) is 68.8 cm³/mol. The summed E-state index contributed by atoms with van der Waals surface area (Å²) < 4.78 is 0. The Bertz CT molecular complexity index is 324. The Balaban J connectivity index is 2.40. The van der Waals surface area contributed by atoms with Crippen LogP contribution in [0.3, 0.4) is 0 Å². The number of rotatable bonds is 6. The molecule has 0 heterocycles. The van der Waals surface area contributed by atoms with Crippen LogP contribution >= 0.6 is 11.8 Å². The van der Waals surface area contributed by atoms with E-state index in [1.165, 1.54) is 4.90 Å². The van der Waals surface area contributed by atoms with E-state index in [0.717, 1.165) is 12.8 Å². The maximum Gasteiger partial charge on any atom is 0.251 e. The second kappa shape index (κ2) is 7.30. The fourth-order valence-corrected chi connectivity index (χ4v) is 1.72. The van der Waals surface area contributed by atoms with Crippen molar-refractivity contribution >= 4 is 17.7 Å². The van der Waals surface area contributed by atoms with Gasteiger partial charge >= 0.3 is 0 Å². The first-order valence-electron chi connectivity index (χ1n) is 5.40. The number of hydrogen-bond donors (Lipinski definition) is 2. The molecule has 0 fully saturated rings. The van der Waals surface area contributed by atoms with Crippen LogP contribution in [0.25, 0.3) is 0 Å². The van der Waals surface area contributed by atoms with E-state index in [-0.39, 0.29) is 5.91 Å². The molecule has 0 radical (unpaired) electrons. The van der Waals surface area contributed by atoms with Crippen molar-refractivity contribution in [1.29, 1.82) is 0 Å². The fourth-order valence-electron chi connectivity index (χ4n) is 1.32. The number of nitrogens with one attached hydrogen (secondary N) is 1. The van der Waals surface area contributed by atoms with E-state index in [4.69, 9.17) is 5.73 Å². The highest BCUT2D eigenvalue weighted by Crippen LogP contribution is 2.14. The third-order valence-electron chi connectivity index (χ3n) is 2.27. The number of nitrogens with two attached hydrogens (primary N) is 1. The van der Waals surface area contributed by atoms with Crippen LogP contribution in [0.4, 0.5) is 0 Å². The molecule has 1 aromatic rings. The van der Waals surface area contributed by atoms with E-state index in [2.05, 4.69) is 5.32 Å². The van der Waals surface area contributed by atoms with Crippen molar-refractivity contribution in [2.45, 2.75) is 17.7 Å². The molecule has 88 valence electrons. The second-order valence-corrected chi connectivity index (χ2v) is 4.36. The molecule has 16 heavy (non-hydrogen) atoms. The summed E-state index contributed by atoms with van der Waals surface area (Å²) in [5.41, 5.74) is 6.09. The zero-order valence-electron chi connectivity index (χ0n) is 9.53. The Morgan fingerprint density at radius 3 is 2.56 bits per heavy atom. The van der Waals surface area contributed by atoms with Crippen LogP contribution in [0.2, 0.25) is 0 Å². The molecule has 0 bridgehead atoms. The number of benzene rings is 1. The summed E-state index contributed by atoms with van der Waals surface area (Å²) in [7, 11) is 0. The second-order valence-electron chi connectivity index (χ2n) is 3.48. The van der Waals surface area contributed by atoms with Gasteiger partial charge in [-0.3, -0.25) is 4.79 Å². The quantitative estimate of drug-likeness (QED) is 0.587. The Kier molecular flexibility index (Phi) is 5.96. The zero-order valence-corrected chi connectivity index (χ0v) is 10.3. The smallest absolute Gasteiger partial charge is 0.251 e. The molecule has 0 saturated carbocycles. The third-order valence-corrected chi connectivity index (χ3v) is 3.01. The van der Waals surface area contributed by atoms with Crippen molar-refractivity contribution in [3.8, 4) is 0 Å². The first kappa shape index (κ1) is 13.1. The Labute approximate surface area is 101 Å². The first-order valence-corrected chi connectivity index (χ1v) is 6.62. The van der Waals surface area contributed by atoms with Gasteiger partial charge in [0.1, 0.15) is 0 Å². The van der Waals surface area contributed by atoms with E-state index >= 15 is 0 Å². The van der Waals surface area contributed by atoms with E-state index in [1.54, 1.807) is 11.8 Å². The van der Waals surface area contributed by atoms with Crippen LogP contribution in [0.15, 0.2) is 29.2 Å². The highest BCUT2D eigenvalue weighted by molar-refractivity contribution is 7.98. The fraction of sp³-hybridized carbons (Fsp3) is 0.417. The molecule has 3 nitrogen and oxygen atoms in total. The SMILES string of the molecule is CSc1ccc(C(=O)NCCCCN)cc1. The molecule has 0 aliphatic carbocycles. The van der Waals surface area contributed by atoms with E-state index in [1.807, 2.05) is 30.5 Å². The topological polar surface area (TPSA) is 55.1 Å². The average molecular weight is 238 g/mol. The summed E-state index contributed by atoms with van der Waals surface area (Å²) >= 11 is 1.67. The van der Waals surface area contributed by atoms with Crippen molar-refractivity contribution < 1.29 is 4.79 Å². The van der Waals surface area contributed by atoms with Gasteiger partial charge in [-0.2, -0.15) is 0 Å². The van der Waals surface area contributed by atoms with Gasteiger partial charge < -0.3 is 11.1 Å². The lowest BCUT2D eigenvalue weighted by Gasteiger charge is -2.05. The maximum absolute atomic E-state index is 11.7. The van der Waals surface area contributed by atoms with E-state index < -0.39 is 0 Å². The average Bonchev–Trinajstić information content (AvgIpc) is 2.34. The lowest BCUT2D eigenvalue weighted by Crippen LogP contribution is -2.24. The van der Waals surface area contributed by atoms with Gasteiger partial charge in [0.2, 0.25) is 0 Å². The minimum absolute atomic E-state index is 0.00956. The predicted octanol–water partition coefficient (Wildman–Crippen LogP) is 1.88. The molecule has 3 N–H and O–H groups in total. The Morgan fingerprint density at radius 1 is 1.31 bits per heavy atom. The molecule has 0 aliphatic heterocycles. The van der Waals surface area contributed by atoms with Gasteiger partial charge in [0.05, 0.1) is 0 Å². The van der Waals surface area contributed by atoms with Gasteiger partial charge in [-0.25, -0.2) is 0 Å². The Morgan fingerprint density at radius 2 is 2.00 bits per heavy atom. The molecule has 0 atom stereocenters. The lowest BCUT2D eigenvalue weighted by molar-refractivity contribution is 0.0953. The number of thioether (sulfide) groups is 1. The summed E-state index contributed by atoms with van der Waals surface area (Å²) in [5, 5.41) is 2.87.